The van der Waals surface area contributed by atoms with Gasteiger partial charge in [0.1, 0.15) is 6.29 Å². The molecule has 1 aliphatic carbocycles. The van der Waals surface area contributed by atoms with E-state index >= 15 is 0 Å². The molecule has 1 rings (SSSR count). The average Bonchev–Trinajstić information content (AvgIpc) is 2.24. The number of hydrogen-bond donors (Lipinski definition) is 1. The molecule has 0 spiro atoms. The number of hydrogen-bond acceptors (Lipinski definition) is 2. The van der Waals surface area contributed by atoms with Crippen LogP contribution in [0, 0.1) is 5.92 Å². The van der Waals surface area contributed by atoms with Crippen LogP contribution in [0.1, 0.15) is 46.0 Å². The molecule has 2 nitrogen and oxygen atoms in total. The van der Waals surface area contributed by atoms with Crippen molar-refractivity contribution in [2.75, 3.05) is 7.05 Å². The average molecular weight is 185 g/mol. The maximum Gasteiger partial charge on any atom is 0.137 e. The lowest BCUT2D eigenvalue weighted by Gasteiger charge is -2.25. The van der Waals surface area contributed by atoms with Crippen molar-refractivity contribution in [2.45, 2.75) is 52.0 Å². The summed E-state index contributed by atoms with van der Waals surface area (Å²) in [4.78, 5) is 10.6. The summed E-state index contributed by atoms with van der Waals surface area (Å²) in [5.41, 5.74) is 0. The van der Waals surface area contributed by atoms with Gasteiger partial charge in [-0.15, -0.1) is 0 Å². The number of likely N-dealkylation sites (N-methyl/N-ethyl adjacent to an activating group) is 1. The van der Waals surface area contributed by atoms with Crippen molar-refractivity contribution >= 4 is 6.29 Å². The monoisotopic (exact) mass is 185 g/mol. The predicted octanol–water partition coefficient (Wildman–Crippen LogP) is 2.38. The van der Waals surface area contributed by atoms with Crippen LogP contribution in [0.15, 0.2) is 0 Å². The molecular formula is C11H23NO. The number of nitrogens with one attached hydrogen (secondary N) is 1. The van der Waals surface area contributed by atoms with Crippen LogP contribution in [0.4, 0.5) is 0 Å². The lowest BCUT2D eigenvalue weighted by molar-refractivity contribution is -0.110. The van der Waals surface area contributed by atoms with Gasteiger partial charge >= 0.3 is 0 Å². The van der Waals surface area contributed by atoms with Crippen LogP contribution in [0.5, 0.6) is 0 Å². The van der Waals surface area contributed by atoms with Gasteiger partial charge in [-0.05, 0) is 25.8 Å². The van der Waals surface area contributed by atoms with Crippen molar-refractivity contribution < 1.29 is 4.79 Å². The number of rotatable bonds is 3. The second-order valence-corrected chi connectivity index (χ2v) is 3.35. The molecule has 1 atom stereocenters. The fraction of sp³-hybridized carbons (Fsp3) is 0.909. The molecule has 0 aromatic carbocycles. The molecule has 2 heteroatoms. The van der Waals surface area contributed by atoms with Crippen molar-refractivity contribution in [1.82, 2.24) is 5.32 Å². The van der Waals surface area contributed by atoms with Crippen LogP contribution in [0.2, 0.25) is 0 Å². The van der Waals surface area contributed by atoms with E-state index in [2.05, 4.69) is 5.32 Å². The second kappa shape index (κ2) is 8.24. The Balaban J connectivity index is 0.000000671. The van der Waals surface area contributed by atoms with Crippen molar-refractivity contribution in [1.29, 1.82) is 0 Å². The van der Waals surface area contributed by atoms with Gasteiger partial charge in [0.2, 0.25) is 0 Å². The Hall–Kier alpha value is -0.370. The predicted molar refractivity (Wildman–Crippen MR) is 56.8 cm³/mol. The van der Waals surface area contributed by atoms with Crippen LogP contribution < -0.4 is 5.32 Å². The first kappa shape index (κ1) is 12.6. The highest BCUT2D eigenvalue weighted by Gasteiger charge is 2.21. The van der Waals surface area contributed by atoms with Gasteiger partial charge in [0.25, 0.3) is 0 Å². The molecule has 1 fully saturated rings. The Morgan fingerprint density at radius 3 is 2.15 bits per heavy atom. The summed E-state index contributed by atoms with van der Waals surface area (Å²) in [6, 6.07) is 0.107. The van der Waals surface area contributed by atoms with Gasteiger partial charge < -0.3 is 10.1 Å². The van der Waals surface area contributed by atoms with E-state index < -0.39 is 0 Å². The third-order valence-electron chi connectivity index (χ3n) is 2.64. The van der Waals surface area contributed by atoms with Crippen LogP contribution in [0.3, 0.4) is 0 Å². The molecule has 0 bridgehead atoms. The number of aldehydes is 1. The first-order chi connectivity index (χ1) is 6.38. The molecule has 0 aliphatic heterocycles. The second-order valence-electron chi connectivity index (χ2n) is 3.35. The standard InChI is InChI=1S/C9H17NO.C2H6/c1-10-9(7-11)8-5-3-2-4-6-8;1-2/h7-10H,2-6H2,1H3;1-2H3. The van der Waals surface area contributed by atoms with E-state index in [0.29, 0.717) is 5.92 Å². The summed E-state index contributed by atoms with van der Waals surface area (Å²) in [7, 11) is 1.87. The van der Waals surface area contributed by atoms with E-state index in [1.807, 2.05) is 20.9 Å². The van der Waals surface area contributed by atoms with Gasteiger partial charge in [0, 0.05) is 0 Å². The van der Waals surface area contributed by atoms with Gasteiger partial charge in [-0.1, -0.05) is 33.1 Å². The Bertz CT molecular complexity index is 119. The largest absolute Gasteiger partial charge is 0.311 e. The molecule has 0 aromatic heterocycles. The van der Waals surface area contributed by atoms with E-state index in [4.69, 9.17) is 0 Å². The first-order valence-electron chi connectivity index (χ1n) is 5.51. The third-order valence-corrected chi connectivity index (χ3v) is 2.64. The van der Waals surface area contributed by atoms with Gasteiger partial charge in [0.15, 0.2) is 0 Å². The lowest BCUT2D eigenvalue weighted by Crippen LogP contribution is -2.35. The maximum absolute atomic E-state index is 10.6. The molecule has 1 aliphatic rings. The molecule has 0 aromatic rings. The molecule has 0 saturated heterocycles. The zero-order valence-electron chi connectivity index (χ0n) is 9.18. The molecule has 0 amide bonds. The molecule has 1 N–H and O–H groups in total. The fourth-order valence-corrected chi connectivity index (χ4v) is 1.91. The fourth-order valence-electron chi connectivity index (χ4n) is 1.91. The highest BCUT2D eigenvalue weighted by atomic mass is 16.1. The number of carbonyl (C=O) groups is 1. The van der Waals surface area contributed by atoms with Gasteiger partial charge in [-0.25, -0.2) is 0 Å². The smallest absolute Gasteiger partial charge is 0.137 e. The molecular weight excluding hydrogens is 162 g/mol. The molecule has 78 valence electrons. The number of carbonyl (C=O) groups excluding carboxylic acids is 1. The normalized spacial score (nSPS) is 19.9. The summed E-state index contributed by atoms with van der Waals surface area (Å²) in [6.07, 6.45) is 7.46. The van der Waals surface area contributed by atoms with Crippen LogP contribution in [-0.4, -0.2) is 19.4 Å². The van der Waals surface area contributed by atoms with E-state index in [0.717, 1.165) is 6.29 Å². The molecule has 0 radical (unpaired) electrons. The lowest BCUT2D eigenvalue weighted by atomic mass is 9.84. The Kier molecular flexibility index (Phi) is 8.00. The maximum atomic E-state index is 10.6. The molecule has 1 saturated carbocycles. The van der Waals surface area contributed by atoms with Gasteiger partial charge in [-0.2, -0.15) is 0 Å². The third kappa shape index (κ3) is 4.41. The molecule has 0 heterocycles. The van der Waals surface area contributed by atoms with E-state index in [1.165, 1.54) is 32.1 Å². The van der Waals surface area contributed by atoms with Crippen molar-refractivity contribution in [3.8, 4) is 0 Å². The van der Waals surface area contributed by atoms with Crippen LogP contribution in [0.25, 0.3) is 0 Å². The van der Waals surface area contributed by atoms with Crippen LogP contribution in [-0.2, 0) is 4.79 Å². The van der Waals surface area contributed by atoms with Gasteiger partial charge in [0.05, 0.1) is 6.04 Å². The minimum Gasteiger partial charge on any atom is -0.311 e. The molecule has 1 unspecified atom stereocenters. The summed E-state index contributed by atoms with van der Waals surface area (Å²) >= 11 is 0. The zero-order valence-corrected chi connectivity index (χ0v) is 9.18. The quantitative estimate of drug-likeness (QED) is 0.684. The van der Waals surface area contributed by atoms with Crippen molar-refractivity contribution in [3.63, 3.8) is 0 Å². The van der Waals surface area contributed by atoms with Gasteiger partial charge in [-0.3, -0.25) is 0 Å². The first-order valence-corrected chi connectivity index (χ1v) is 5.51. The van der Waals surface area contributed by atoms with Crippen LogP contribution >= 0.6 is 0 Å². The highest BCUT2D eigenvalue weighted by Crippen LogP contribution is 2.25. The topological polar surface area (TPSA) is 29.1 Å². The SMILES string of the molecule is CC.CNC(C=O)C1CCCCC1. The minimum absolute atomic E-state index is 0.107. The zero-order chi connectivity index (χ0) is 10.1. The minimum atomic E-state index is 0.107. The molecule has 13 heavy (non-hydrogen) atoms. The summed E-state index contributed by atoms with van der Waals surface area (Å²) in [6.45, 7) is 4.00. The summed E-state index contributed by atoms with van der Waals surface area (Å²) in [5, 5.41) is 3.05. The highest BCUT2D eigenvalue weighted by molar-refractivity contribution is 5.58. The summed E-state index contributed by atoms with van der Waals surface area (Å²) < 4.78 is 0. The van der Waals surface area contributed by atoms with Crippen molar-refractivity contribution in [2.24, 2.45) is 5.92 Å². The Labute approximate surface area is 82.1 Å². The van der Waals surface area contributed by atoms with E-state index in [-0.39, 0.29) is 6.04 Å². The summed E-state index contributed by atoms with van der Waals surface area (Å²) in [5.74, 6) is 0.603. The Morgan fingerprint density at radius 1 is 1.23 bits per heavy atom. The van der Waals surface area contributed by atoms with E-state index in [9.17, 15) is 4.79 Å². The van der Waals surface area contributed by atoms with E-state index in [1.54, 1.807) is 0 Å². The Morgan fingerprint density at radius 2 is 1.77 bits per heavy atom. The van der Waals surface area contributed by atoms with Crippen molar-refractivity contribution in [3.05, 3.63) is 0 Å².